The van der Waals surface area contributed by atoms with Crippen LogP contribution >= 0.6 is 0 Å². The van der Waals surface area contributed by atoms with Gasteiger partial charge in [-0.05, 0) is 17.5 Å². The first kappa shape index (κ1) is 12.7. The summed E-state index contributed by atoms with van der Waals surface area (Å²) in [6.45, 7) is 1.25. The van der Waals surface area contributed by atoms with Crippen LogP contribution in [0.3, 0.4) is 0 Å². The zero-order chi connectivity index (χ0) is 14.1. The molecule has 6 nitrogen and oxygen atoms in total. The molecule has 6 heteroatoms. The Labute approximate surface area is 116 Å². The first-order valence-electron chi connectivity index (χ1n) is 6.59. The van der Waals surface area contributed by atoms with Crippen LogP contribution in [-0.4, -0.2) is 28.8 Å². The topological polar surface area (TPSA) is 78.5 Å². The van der Waals surface area contributed by atoms with E-state index in [2.05, 4.69) is 10.6 Å². The van der Waals surface area contributed by atoms with E-state index in [0.717, 1.165) is 0 Å². The molecule has 1 unspecified atom stereocenters. The standard InChI is InChI=1S/C14H15N3O3/c18-12(6-5-11-13(19)16-14(20)15-11)17-7-9-3-1-2-4-10(9)8-17/h1-4,11H,5-8H2,(H2,15,16,19,20). The molecule has 104 valence electrons. The number of carbonyl (C=O) groups excluding carboxylic acids is 3. The molecule has 2 aliphatic heterocycles. The van der Waals surface area contributed by atoms with Crippen LogP contribution in [0.4, 0.5) is 4.79 Å². The average Bonchev–Trinajstić information content (AvgIpc) is 2.99. The van der Waals surface area contributed by atoms with E-state index in [1.54, 1.807) is 4.90 Å². The second-order valence-electron chi connectivity index (χ2n) is 5.07. The minimum atomic E-state index is -0.587. The van der Waals surface area contributed by atoms with Crippen molar-refractivity contribution in [3.8, 4) is 0 Å². The third-order valence-corrected chi connectivity index (χ3v) is 3.70. The summed E-state index contributed by atoms with van der Waals surface area (Å²) in [5.41, 5.74) is 2.35. The largest absolute Gasteiger partial charge is 0.334 e. The summed E-state index contributed by atoms with van der Waals surface area (Å²) in [7, 11) is 0. The Morgan fingerprint density at radius 1 is 1.20 bits per heavy atom. The number of benzene rings is 1. The van der Waals surface area contributed by atoms with Crippen LogP contribution < -0.4 is 10.6 Å². The summed E-state index contributed by atoms with van der Waals surface area (Å²) in [5.74, 6) is -0.345. The maximum absolute atomic E-state index is 12.1. The van der Waals surface area contributed by atoms with Crippen molar-refractivity contribution in [3.63, 3.8) is 0 Å². The van der Waals surface area contributed by atoms with Gasteiger partial charge in [0.1, 0.15) is 6.04 Å². The molecule has 0 bridgehead atoms. The van der Waals surface area contributed by atoms with Crippen molar-refractivity contribution in [1.29, 1.82) is 0 Å². The van der Waals surface area contributed by atoms with Crippen LogP contribution in [0.15, 0.2) is 24.3 Å². The Bertz CT molecular complexity index is 560. The van der Waals surface area contributed by atoms with E-state index >= 15 is 0 Å². The van der Waals surface area contributed by atoms with Crippen LogP contribution in [0.2, 0.25) is 0 Å². The lowest BCUT2D eigenvalue weighted by Gasteiger charge is -2.16. The van der Waals surface area contributed by atoms with Gasteiger partial charge in [-0.15, -0.1) is 0 Å². The normalized spacial score (nSPS) is 20.6. The molecule has 4 amide bonds. The van der Waals surface area contributed by atoms with E-state index < -0.39 is 12.1 Å². The van der Waals surface area contributed by atoms with Gasteiger partial charge in [0, 0.05) is 19.5 Å². The van der Waals surface area contributed by atoms with Gasteiger partial charge >= 0.3 is 6.03 Å². The molecule has 2 N–H and O–H groups in total. The first-order valence-corrected chi connectivity index (χ1v) is 6.59. The van der Waals surface area contributed by atoms with Crippen LogP contribution in [0.1, 0.15) is 24.0 Å². The number of fused-ring (bicyclic) bond motifs is 1. The smallest absolute Gasteiger partial charge is 0.322 e. The summed E-state index contributed by atoms with van der Waals surface area (Å²) in [6, 6.07) is 6.90. The second-order valence-corrected chi connectivity index (χ2v) is 5.07. The molecule has 0 aromatic heterocycles. The zero-order valence-electron chi connectivity index (χ0n) is 10.9. The number of hydrogen-bond donors (Lipinski definition) is 2. The SMILES string of the molecule is O=C1NC(=O)C(CCC(=O)N2Cc3ccccc3C2)N1. The van der Waals surface area contributed by atoms with Gasteiger partial charge in [-0.1, -0.05) is 24.3 Å². The van der Waals surface area contributed by atoms with E-state index in [-0.39, 0.29) is 18.2 Å². The van der Waals surface area contributed by atoms with Crippen LogP contribution in [0.5, 0.6) is 0 Å². The Morgan fingerprint density at radius 3 is 2.40 bits per heavy atom. The summed E-state index contributed by atoms with van der Waals surface area (Å²) in [4.78, 5) is 36.3. The molecular formula is C14H15N3O3. The number of nitrogens with one attached hydrogen (secondary N) is 2. The quantitative estimate of drug-likeness (QED) is 0.788. The molecule has 20 heavy (non-hydrogen) atoms. The van der Waals surface area contributed by atoms with Crippen molar-refractivity contribution in [2.45, 2.75) is 32.0 Å². The Morgan fingerprint density at radius 2 is 1.85 bits per heavy atom. The van der Waals surface area contributed by atoms with Crippen LogP contribution in [0.25, 0.3) is 0 Å². The lowest BCUT2D eigenvalue weighted by Crippen LogP contribution is -2.32. The number of hydrogen-bond acceptors (Lipinski definition) is 3. The number of rotatable bonds is 3. The number of amides is 4. The van der Waals surface area contributed by atoms with Gasteiger partial charge in [0.2, 0.25) is 5.91 Å². The minimum Gasteiger partial charge on any atom is -0.334 e. The van der Waals surface area contributed by atoms with Gasteiger partial charge in [0.05, 0.1) is 0 Å². The lowest BCUT2D eigenvalue weighted by molar-refractivity contribution is -0.132. The summed E-state index contributed by atoms with van der Waals surface area (Å²) < 4.78 is 0. The maximum atomic E-state index is 12.1. The third-order valence-electron chi connectivity index (χ3n) is 3.70. The Hall–Kier alpha value is -2.37. The van der Waals surface area contributed by atoms with Crippen molar-refractivity contribution in [3.05, 3.63) is 35.4 Å². The van der Waals surface area contributed by atoms with Crippen molar-refractivity contribution in [2.75, 3.05) is 0 Å². The number of nitrogens with zero attached hydrogens (tertiary/aromatic N) is 1. The van der Waals surface area contributed by atoms with Crippen LogP contribution in [-0.2, 0) is 22.7 Å². The molecule has 1 saturated heterocycles. The first-order chi connectivity index (χ1) is 9.63. The highest BCUT2D eigenvalue weighted by molar-refractivity contribution is 6.04. The molecular weight excluding hydrogens is 258 g/mol. The van der Waals surface area contributed by atoms with E-state index in [1.807, 2.05) is 24.3 Å². The molecule has 1 fully saturated rings. The van der Waals surface area contributed by atoms with Gasteiger partial charge < -0.3 is 10.2 Å². The fraction of sp³-hybridized carbons (Fsp3) is 0.357. The molecule has 2 aliphatic rings. The molecule has 3 rings (SSSR count). The van der Waals surface area contributed by atoms with Crippen molar-refractivity contribution >= 4 is 17.8 Å². The minimum absolute atomic E-state index is 0.00940. The fourth-order valence-corrected chi connectivity index (χ4v) is 2.60. The van der Waals surface area contributed by atoms with Gasteiger partial charge in [0.25, 0.3) is 5.91 Å². The maximum Gasteiger partial charge on any atom is 0.322 e. The van der Waals surface area contributed by atoms with Gasteiger partial charge in [-0.25, -0.2) is 4.79 Å². The number of urea groups is 1. The van der Waals surface area contributed by atoms with E-state index in [4.69, 9.17) is 0 Å². The number of imide groups is 1. The lowest BCUT2D eigenvalue weighted by atomic mass is 10.1. The summed E-state index contributed by atoms with van der Waals surface area (Å²) >= 11 is 0. The van der Waals surface area contributed by atoms with E-state index in [1.165, 1.54) is 11.1 Å². The van der Waals surface area contributed by atoms with Crippen LogP contribution in [0, 0.1) is 0 Å². The molecule has 0 aliphatic carbocycles. The van der Waals surface area contributed by atoms with Crippen molar-refractivity contribution in [1.82, 2.24) is 15.5 Å². The number of carbonyl (C=O) groups is 3. The van der Waals surface area contributed by atoms with Gasteiger partial charge in [0.15, 0.2) is 0 Å². The molecule has 0 spiro atoms. The predicted octanol–water partition coefficient (Wildman–Crippen LogP) is 0.517. The highest BCUT2D eigenvalue weighted by Crippen LogP contribution is 2.23. The molecule has 1 atom stereocenters. The summed E-state index contributed by atoms with van der Waals surface area (Å²) in [6.07, 6.45) is 0.593. The van der Waals surface area contributed by atoms with E-state index in [0.29, 0.717) is 19.5 Å². The molecule has 0 saturated carbocycles. The highest BCUT2D eigenvalue weighted by atomic mass is 16.2. The zero-order valence-corrected chi connectivity index (χ0v) is 10.9. The van der Waals surface area contributed by atoms with Gasteiger partial charge in [-0.2, -0.15) is 0 Å². The Kier molecular flexibility index (Phi) is 3.14. The molecule has 0 radical (unpaired) electrons. The Balaban J connectivity index is 1.54. The highest BCUT2D eigenvalue weighted by Gasteiger charge is 2.30. The van der Waals surface area contributed by atoms with Gasteiger partial charge in [-0.3, -0.25) is 14.9 Å². The average molecular weight is 273 g/mol. The predicted molar refractivity (Wildman–Crippen MR) is 70.4 cm³/mol. The van der Waals surface area contributed by atoms with E-state index in [9.17, 15) is 14.4 Å². The van der Waals surface area contributed by atoms with Crippen molar-refractivity contribution in [2.24, 2.45) is 0 Å². The third kappa shape index (κ3) is 2.36. The summed E-state index contributed by atoms with van der Waals surface area (Å²) in [5, 5.41) is 4.66. The van der Waals surface area contributed by atoms with Crippen molar-refractivity contribution < 1.29 is 14.4 Å². The molecule has 1 aromatic rings. The molecule has 1 aromatic carbocycles. The fourth-order valence-electron chi connectivity index (χ4n) is 2.60. The molecule has 2 heterocycles. The monoisotopic (exact) mass is 273 g/mol. The second kappa shape index (κ2) is 4.96.